The molecule has 2 rings (SSSR count). The van der Waals surface area contributed by atoms with E-state index >= 15 is 0 Å². The Labute approximate surface area is 93.7 Å². The highest BCUT2D eigenvalue weighted by Crippen LogP contribution is 2.25. The Morgan fingerprint density at radius 1 is 1.50 bits per heavy atom. The highest BCUT2D eigenvalue weighted by atomic mass is 19.1. The quantitative estimate of drug-likeness (QED) is 0.765. The zero-order valence-electron chi connectivity index (χ0n) is 9.07. The fourth-order valence-corrected chi connectivity index (χ4v) is 1.93. The molecule has 0 N–H and O–H groups in total. The minimum absolute atomic E-state index is 0.0464. The molecule has 1 aliphatic heterocycles. The summed E-state index contributed by atoms with van der Waals surface area (Å²) in [6.07, 6.45) is 3.71. The zero-order valence-corrected chi connectivity index (χ0v) is 9.07. The van der Waals surface area contributed by atoms with Crippen LogP contribution in [0.4, 0.5) is 4.39 Å². The molecule has 1 aromatic rings. The second-order valence-electron chi connectivity index (χ2n) is 4.32. The first-order valence-electron chi connectivity index (χ1n) is 5.19. The maximum atomic E-state index is 13.0. The maximum Gasteiger partial charge on any atom is 0.162 e. The van der Waals surface area contributed by atoms with Crippen LogP contribution in [-0.4, -0.2) is 11.4 Å². The standard InChI is InChI=1S/C13H13FO2/c1-13(9-12(15)5-6-16-13)8-10-3-2-4-11(14)7-10/h2-7H,8-9H2,1H3. The number of carbonyl (C=O) groups excluding carboxylic acids is 1. The molecule has 0 radical (unpaired) electrons. The van der Waals surface area contributed by atoms with Gasteiger partial charge in [0.15, 0.2) is 5.78 Å². The van der Waals surface area contributed by atoms with Crippen LogP contribution in [0.25, 0.3) is 0 Å². The number of benzene rings is 1. The molecule has 0 amide bonds. The highest BCUT2D eigenvalue weighted by Gasteiger charge is 2.30. The lowest BCUT2D eigenvalue weighted by atomic mass is 9.90. The Morgan fingerprint density at radius 3 is 3.00 bits per heavy atom. The number of carbonyl (C=O) groups is 1. The van der Waals surface area contributed by atoms with Gasteiger partial charge in [-0.2, -0.15) is 0 Å². The summed E-state index contributed by atoms with van der Waals surface area (Å²) in [5, 5.41) is 0. The van der Waals surface area contributed by atoms with Crippen LogP contribution in [0.5, 0.6) is 0 Å². The van der Waals surface area contributed by atoms with Gasteiger partial charge in [0.2, 0.25) is 0 Å². The first-order chi connectivity index (χ1) is 7.57. The zero-order chi connectivity index (χ0) is 11.6. The van der Waals surface area contributed by atoms with E-state index in [4.69, 9.17) is 4.74 Å². The predicted molar refractivity (Wildman–Crippen MR) is 58.4 cm³/mol. The van der Waals surface area contributed by atoms with Gasteiger partial charge in [-0.25, -0.2) is 4.39 Å². The van der Waals surface area contributed by atoms with Gasteiger partial charge < -0.3 is 4.74 Å². The molecule has 0 saturated heterocycles. The molecule has 1 heterocycles. The largest absolute Gasteiger partial charge is 0.494 e. The summed E-state index contributed by atoms with van der Waals surface area (Å²) in [6.45, 7) is 1.86. The number of hydrogen-bond donors (Lipinski definition) is 0. The van der Waals surface area contributed by atoms with Crippen molar-refractivity contribution < 1.29 is 13.9 Å². The highest BCUT2D eigenvalue weighted by molar-refractivity contribution is 5.90. The van der Waals surface area contributed by atoms with Crippen molar-refractivity contribution in [3.63, 3.8) is 0 Å². The fraction of sp³-hybridized carbons (Fsp3) is 0.308. The van der Waals surface area contributed by atoms with E-state index in [1.165, 1.54) is 24.5 Å². The molecule has 0 bridgehead atoms. The summed E-state index contributed by atoms with van der Waals surface area (Å²) in [6, 6.07) is 6.37. The molecule has 1 atom stereocenters. The third-order valence-corrected chi connectivity index (χ3v) is 2.62. The molecule has 0 spiro atoms. The molecule has 1 aromatic carbocycles. The van der Waals surface area contributed by atoms with Crippen molar-refractivity contribution in [2.24, 2.45) is 0 Å². The van der Waals surface area contributed by atoms with Crippen molar-refractivity contribution in [3.05, 3.63) is 48.0 Å². The number of rotatable bonds is 2. The molecule has 84 valence electrons. The van der Waals surface area contributed by atoms with Crippen LogP contribution in [0.2, 0.25) is 0 Å². The van der Waals surface area contributed by atoms with Crippen molar-refractivity contribution in [2.75, 3.05) is 0 Å². The Bertz CT molecular complexity index is 439. The van der Waals surface area contributed by atoms with Crippen LogP contribution in [0.15, 0.2) is 36.6 Å². The first-order valence-corrected chi connectivity index (χ1v) is 5.19. The summed E-state index contributed by atoms with van der Waals surface area (Å²) < 4.78 is 18.5. The van der Waals surface area contributed by atoms with E-state index in [2.05, 4.69) is 0 Å². The molecule has 0 fully saturated rings. The summed E-state index contributed by atoms with van der Waals surface area (Å²) in [5.74, 6) is -0.219. The van der Waals surface area contributed by atoms with Crippen molar-refractivity contribution in [1.29, 1.82) is 0 Å². The van der Waals surface area contributed by atoms with E-state index in [0.29, 0.717) is 12.8 Å². The van der Waals surface area contributed by atoms with Crippen molar-refractivity contribution >= 4 is 5.78 Å². The fourth-order valence-electron chi connectivity index (χ4n) is 1.93. The van der Waals surface area contributed by atoms with Gasteiger partial charge in [0, 0.05) is 12.5 Å². The number of allylic oxidation sites excluding steroid dienone is 1. The molecular weight excluding hydrogens is 207 g/mol. The summed E-state index contributed by atoms with van der Waals surface area (Å²) >= 11 is 0. The number of hydrogen-bond acceptors (Lipinski definition) is 2. The molecule has 2 nitrogen and oxygen atoms in total. The SMILES string of the molecule is CC1(Cc2cccc(F)c2)CC(=O)C=CO1. The molecule has 1 unspecified atom stereocenters. The van der Waals surface area contributed by atoms with E-state index in [1.807, 2.05) is 13.0 Å². The van der Waals surface area contributed by atoms with Gasteiger partial charge in [0.25, 0.3) is 0 Å². The van der Waals surface area contributed by atoms with Crippen molar-refractivity contribution in [2.45, 2.75) is 25.4 Å². The second-order valence-corrected chi connectivity index (χ2v) is 4.32. The van der Waals surface area contributed by atoms with Crippen LogP contribution in [0, 0.1) is 5.82 Å². The third kappa shape index (κ3) is 2.48. The topological polar surface area (TPSA) is 26.3 Å². The lowest BCUT2D eigenvalue weighted by molar-refractivity contribution is -0.121. The Hall–Kier alpha value is -1.64. The van der Waals surface area contributed by atoms with E-state index in [-0.39, 0.29) is 11.6 Å². The second kappa shape index (κ2) is 4.08. The number of ketones is 1. The van der Waals surface area contributed by atoms with Gasteiger partial charge in [-0.3, -0.25) is 4.79 Å². The monoisotopic (exact) mass is 220 g/mol. The van der Waals surface area contributed by atoms with Gasteiger partial charge in [0.1, 0.15) is 11.4 Å². The lowest BCUT2D eigenvalue weighted by Gasteiger charge is -2.30. The van der Waals surface area contributed by atoms with Crippen molar-refractivity contribution in [1.82, 2.24) is 0 Å². The summed E-state index contributed by atoms with van der Waals surface area (Å²) in [5.41, 5.74) is 0.283. The van der Waals surface area contributed by atoms with Gasteiger partial charge in [0.05, 0.1) is 12.7 Å². The number of ether oxygens (including phenoxy) is 1. The first kappa shape index (κ1) is 10.9. The van der Waals surface area contributed by atoms with Crippen LogP contribution in [-0.2, 0) is 16.0 Å². The van der Waals surface area contributed by atoms with Gasteiger partial charge in [-0.15, -0.1) is 0 Å². The van der Waals surface area contributed by atoms with Gasteiger partial charge in [-0.05, 0) is 24.6 Å². The normalized spacial score (nSPS) is 24.2. The molecule has 0 saturated carbocycles. The van der Waals surface area contributed by atoms with Gasteiger partial charge in [-0.1, -0.05) is 12.1 Å². The van der Waals surface area contributed by atoms with E-state index in [0.717, 1.165) is 5.56 Å². The predicted octanol–water partition coefficient (Wildman–Crippen LogP) is 2.63. The average Bonchev–Trinajstić information content (AvgIpc) is 2.16. The molecule has 1 aliphatic rings. The van der Waals surface area contributed by atoms with Gasteiger partial charge >= 0.3 is 0 Å². The van der Waals surface area contributed by atoms with E-state index < -0.39 is 5.60 Å². The minimum Gasteiger partial charge on any atom is -0.494 e. The summed E-state index contributed by atoms with van der Waals surface area (Å²) in [7, 11) is 0. The molecule has 16 heavy (non-hydrogen) atoms. The van der Waals surface area contributed by atoms with Crippen LogP contribution < -0.4 is 0 Å². The molecule has 0 aromatic heterocycles. The Morgan fingerprint density at radius 2 is 2.31 bits per heavy atom. The van der Waals surface area contributed by atoms with Crippen LogP contribution in [0.3, 0.4) is 0 Å². The van der Waals surface area contributed by atoms with E-state index in [9.17, 15) is 9.18 Å². The minimum atomic E-state index is -0.556. The molecular formula is C13H13FO2. The summed E-state index contributed by atoms with van der Waals surface area (Å²) in [4.78, 5) is 11.3. The number of halogens is 1. The average molecular weight is 220 g/mol. The Balaban J connectivity index is 2.15. The Kier molecular flexibility index (Phi) is 2.77. The van der Waals surface area contributed by atoms with Crippen LogP contribution >= 0.6 is 0 Å². The maximum absolute atomic E-state index is 13.0. The third-order valence-electron chi connectivity index (χ3n) is 2.62. The van der Waals surface area contributed by atoms with E-state index in [1.54, 1.807) is 6.07 Å². The smallest absolute Gasteiger partial charge is 0.162 e. The van der Waals surface area contributed by atoms with Crippen LogP contribution in [0.1, 0.15) is 18.9 Å². The molecule has 0 aliphatic carbocycles. The molecule has 3 heteroatoms. The lowest BCUT2D eigenvalue weighted by Crippen LogP contribution is -2.34. The van der Waals surface area contributed by atoms with Crippen molar-refractivity contribution in [3.8, 4) is 0 Å².